The van der Waals surface area contributed by atoms with E-state index in [1.54, 1.807) is 48.5 Å². The maximum absolute atomic E-state index is 14.1. The van der Waals surface area contributed by atoms with Crippen LogP contribution in [0.15, 0.2) is 109 Å². The summed E-state index contributed by atoms with van der Waals surface area (Å²) in [6.45, 7) is 12.4. The summed E-state index contributed by atoms with van der Waals surface area (Å²) in [4.78, 5) is 66.1. The zero-order valence-electron chi connectivity index (χ0n) is 33.5. The minimum absolute atomic E-state index is 0.127. The van der Waals surface area contributed by atoms with Crippen molar-refractivity contribution in [2.45, 2.75) is 66.7 Å². The van der Waals surface area contributed by atoms with E-state index in [9.17, 15) is 19.2 Å². The summed E-state index contributed by atoms with van der Waals surface area (Å²) in [5.74, 6) is -0.851. The van der Waals surface area contributed by atoms with Crippen LogP contribution in [0.1, 0.15) is 116 Å². The molecule has 4 aromatic carbocycles. The monoisotopic (exact) mass is 776 g/mol. The number of carbonyl (C=O) groups excluding carboxylic acids is 4. The van der Waals surface area contributed by atoms with Crippen molar-refractivity contribution < 1.29 is 19.2 Å². The maximum atomic E-state index is 14.1. The highest BCUT2D eigenvalue weighted by atomic mass is 16.2. The lowest BCUT2D eigenvalue weighted by atomic mass is 10.0. The Kier molecular flexibility index (Phi) is 11.4. The quantitative estimate of drug-likeness (QED) is 0.135. The first-order valence-electron chi connectivity index (χ1n) is 19.5. The highest BCUT2D eigenvalue weighted by molar-refractivity contribution is 6.06. The molecule has 3 heterocycles. The van der Waals surface area contributed by atoms with E-state index in [2.05, 4.69) is 21.3 Å². The van der Waals surface area contributed by atoms with Gasteiger partial charge >= 0.3 is 0 Å². The SMILES string of the molecule is Cc1c2nc(n1Cc1ccccc1)[C@H](C(C)C)NC(=O)c1cccc(c1)NC(=O)c1nc(n(Cc3ccccc3)c1C)[C@H](C(C)C)NC(=O)c1cccc(c1)NC2=O. The Bertz CT molecular complexity index is 2310. The molecule has 12 nitrogen and oxygen atoms in total. The Hall–Kier alpha value is -6.82. The van der Waals surface area contributed by atoms with Gasteiger partial charge in [-0.05, 0) is 73.2 Å². The molecule has 0 fully saturated rings. The zero-order chi connectivity index (χ0) is 41.1. The van der Waals surface area contributed by atoms with Gasteiger partial charge in [-0.1, -0.05) is 100 Å². The van der Waals surface area contributed by atoms with Crippen molar-refractivity contribution in [3.05, 3.63) is 166 Å². The molecule has 0 saturated carbocycles. The Morgan fingerprint density at radius 2 is 0.897 bits per heavy atom. The van der Waals surface area contributed by atoms with Crippen LogP contribution in [-0.4, -0.2) is 42.7 Å². The standard InChI is InChI=1S/C46H48N8O4/c1-27(2)37-41-49-39(29(5)53(41)25-31-15-9-7-10-16-31)45(57)47-36-22-14-20-34(24-36)44(56)52-38(28(3)4)42-50-40(30(6)54(42)26-32-17-11-8-12-18-32)46(58)48-35-21-13-19-33(23-35)43(55)51-37/h7-24,27-28,37-38H,25-26H2,1-6H3,(H,47,57)(H,48,58)(H,51,55)(H,52,56)/t37-,38-/m0/s1. The summed E-state index contributed by atoms with van der Waals surface area (Å²) in [5, 5.41) is 12.3. The number of hydrogen-bond donors (Lipinski definition) is 4. The van der Waals surface area contributed by atoms with Crippen LogP contribution in [0.5, 0.6) is 0 Å². The van der Waals surface area contributed by atoms with E-state index >= 15 is 0 Å². The lowest BCUT2D eigenvalue weighted by molar-refractivity contribution is 0.0914. The van der Waals surface area contributed by atoms with E-state index in [4.69, 9.17) is 9.97 Å². The third kappa shape index (κ3) is 8.31. The Morgan fingerprint density at radius 1 is 0.517 bits per heavy atom. The summed E-state index contributed by atoms with van der Waals surface area (Å²) in [6, 6.07) is 32.0. The second-order valence-corrected chi connectivity index (χ2v) is 15.4. The first kappa shape index (κ1) is 39.4. The van der Waals surface area contributed by atoms with Crippen molar-refractivity contribution in [1.29, 1.82) is 0 Å². The molecule has 0 radical (unpaired) electrons. The van der Waals surface area contributed by atoms with Crippen molar-refractivity contribution in [2.75, 3.05) is 10.6 Å². The fourth-order valence-electron chi connectivity index (χ4n) is 7.31. The predicted octanol–water partition coefficient (Wildman–Crippen LogP) is 7.87. The van der Waals surface area contributed by atoms with E-state index in [0.717, 1.165) is 11.1 Å². The van der Waals surface area contributed by atoms with Crippen LogP contribution in [0.25, 0.3) is 0 Å². The highest BCUT2D eigenvalue weighted by Gasteiger charge is 2.31. The number of carbonyl (C=O) groups is 4. The van der Waals surface area contributed by atoms with Gasteiger partial charge in [0.2, 0.25) is 0 Å². The second-order valence-electron chi connectivity index (χ2n) is 15.4. The predicted molar refractivity (Wildman–Crippen MR) is 224 cm³/mol. The van der Waals surface area contributed by atoms with Crippen molar-refractivity contribution in [3.8, 4) is 0 Å². The number of nitrogens with zero attached hydrogens (tertiary/aromatic N) is 4. The number of amides is 4. The van der Waals surface area contributed by atoms with Crippen LogP contribution in [0.2, 0.25) is 0 Å². The molecule has 4 amide bonds. The van der Waals surface area contributed by atoms with Gasteiger partial charge in [0.05, 0.1) is 12.1 Å². The first-order valence-corrected chi connectivity index (χ1v) is 19.5. The fraction of sp³-hybridized carbons (Fsp3) is 0.261. The Labute approximate surface area is 338 Å². The summed E-state index contributed by atoms with van der Waals surface area (Å²) in [6.07, 6.45) is 0. The number of anilines is 2. The molecule has 8 bridgehead atoms. The third-order valence-corrected chi connectivity index (χ3v) is 10.5. The van der Waals surface area contributed by atoms with E-state index in [-0.39, 0.29) is 35.0 Å². The summed E-state index contributed by atoms with van der Waals surface area (Å²) >= 11 is 0. The number of fused-ring (bicyclic) bond motifs is 8. The van der Waals surface area contributed by atoms with Gasteiger partial charge in [0.25, 0.3) is 23.6 Å². The second kappa shape index (κ2) is 16.7. The maximum Gasteiger partial charge on any atom is 0.276 e. The Balaban J connectivity index is 1.35. The van der Waals surface area contributed by atoms with Gasteiger partial charge in [0.15, 0.2) is 0 Å². The molecule has 2 atom stereocenters. The Morgan fingerprint density at radius 3 is 1.26 bits per heavy atom. The van der Waals surface area contributed by atoms with Crippen molar-refractivity contribution in [3.63, 3.8) is 0 Å². The highest BCUT2D eigenvalue weighted by Crippen LogP contribution is 2.29. The van der Waals surface area contributed by atoms with Gasteiger partial charge in [0, 0.05) is 47.0 Å². The van der Waals surface area contributed by atoms with Gasteiger partial charge in [-0.2, -0.15) is 0 Å². The zero-order valence-corrected chi connectivity index (χ0v) is 33.5. The van der Waals surface area contributed by atoms with E-state index in [1.165, 1.54) is 0 Å². The molecule has 6 aromatic rings. The third-order valence-electron chi connectivity index (χ3n) is 10.5. The number of imidazole rings is 2. The minimum atomic E-state index is -0.594. The molecule has 12 heteroatoms. The van der Waals surface area contributed by atoms with Crippen molar-refractivity contribution >= 4 is 35.0 Å². The molecular formula is C46H48N8O4. The molecular weight excluding hydrogens is 729 g/mol. The van der Waals surface area contributed by atoms with E-state index in [1.807, 2.05) is 111 Å². The van der Waals surface area contributed by atoms with Gasteiger partial charge < -0.3 is 30.4 Å². The molecule has 1 aliphatic rings. The fourth-order valence-corrected chi connectivity index (χ4v) is 7.31. The lowest BCUT2D eigenvalue weighted by Crippen LogP contribution is -2.34. The number of nitrogens with one attached hydrogen (secondary N) is 4. The summed E-state index contributed by atoms with van der Waals surface area (Å²) < 4.78 is 3.93. The smallest absolute Gasteiger partial charge is 0.276 e. The number of rotatable bonds is 6. The lowest BCUT2D eigenvalue weighted by Gasteiger charge is -2.24. The molecule has 0 aliphatic carbocycles. The molecule has 4 N–H and O–H groups in total. The van der Waals surface area contributed by atoms with E-state index < -0.39 is 23.9 Å². The number of aromatic nitrogens is 4. The molecule has 58 heavy (non-hydrogen) atoms. The first-order chi connectivity index (χ1) is 27.9. The number of hydrogen-bond acceptors (Lipinski definition) is 6. The van der Waals surface area contributed by atoms with Crippen LogP contribution in [0, 0.1) is 25.7 Å². The molecule has 0 unspecified atom stereocenters. The van der Waals surface area contributed by atoms with Gasteiger partial charge in [-0.15, -0.1) is 0 Å². The molecule has 0 saturated heterocycles. The molecule has 7 rings (SSSR count). The van der Waals surface area contributed by atoms with Crippen LogP contribution < -0.4 is 21.3 Å². The molecule has 0 spiro atoms. The van der Waals surface area contributed by atoms with Crippen LogP contribution in [-0.2, 0) is 13.1 Å². The van der Waals surface area contributed by atoms with Crippen LogP contribution in [0.4, 0.5) is 11.4 Å². The van der Waals surface area contributed by atoms with Gasteiger partial charge in [-0.25, -0.2) is 9.97 Å². The van der Waals surface area contributed by atoms with Crippen molar-refractivity contribution in [1.82, 2.24) is 29.7 Å². The summed E-state index contributed by atoms with van der Waals surface area (Å²) in [7, 11) is 0. The van der Waals surface area contributed by atoms with Crippen molar-refractivity contribution in [2.24, 2.45) is 11.8 Å². The molecule has 1 aliphatic heterocycles. The van der Waals surface area contributed by atoms with Crippen LogP contribution >= 0.6 is 0 Å². The normalized spacial score (nSPS) is 16.2. The molecule has 296 valence electrons. The minimum Gasteiger partial charge on any atom is -0.342 e. The number of benzene rings is 4. The molecule has 2 aromatic heterocycles. The average molecular weight is 777 g/mol. The van der Waals surface area contributed by atoms with Crippen LogP contribution in [0.3, 0.4) is 0 Å². The van der Waals surface area contributed by atoms with E-state index in [0.29, 0.717) is 58.6 Å². The van der Waals surface area contributed by atoms with Gasteiger partial charge in [0.1, 0.15) is 23.0 Å². The van der Waals surface area contributed by atoms with Gasteiger partial charge in [-0.3, -0.25) is 19.2 Å². The average Bonchev–Trinajstić information content (AvgIpc) is 3.71. The largest absolute Gasteiger partial charge is 0.342 e. The summed E-state index contributed by atoms with van der Waals surface area (Å²) in [5.41, 5.74) is 5.11. The topological polar surface area (TPSA) is 152 Å².